The van der Waals surface area contributed by atoms with E-state index in [-0.39, 0.29) is 0 Å². The van der Waals surface area contributed by atoms with E-state index in [0.29, 0.717) is 6.79 Å². The van der Waals surface area contributed by atoms with Gasteiger partial charge in [-0.3, -0.25) is 4.99 Å². The molecule has 26 heavy (non-hydrogen) atoms. The summed E-state index contributed by atoms with van der Waals surface area (Å²) in [7, 11) is 4.06. The Hall–Kier alpha value is -1.95. The molecular weight excluding hydrogens is 328 g/mol. The van der Waals surface area contributed by atoms with Crippen molar-refractivity contribution in [3.63, 3.8) is 0 Å². The van der Waals surface area contributed by atoms with Gasteiger partial charge in [-0.2, -0.15) is 0 Å². The number of ether oxygens (including phenoxy) is 2. The molecule has 0 aromatic heterocycles. The summed E-state index contributed by atoms with van der Waals surface area (Å²) in [5, 5.41) is 6.81. The molecule has 0 spiro atoms. The van der Waals surface area contributed by atoms with Crippen LogP contribution in [0.3, 0.4) is 0 Å². The summed E-state index contributed by atoms with van der Waals surface area (Å²) in [5.41, 5.74) is 1.23. The Morgan fingerprint density at radius 3 is 2.69 bits per heavy atom. The highest BCUT2D eigenvalue weighted by Crippen LogP contribution is 2.32. The first kappa shape index (κ1) is 18.8. The molecule has 1 heterocycles. The van der Waals surface area contributed by atoms with Gasteiger partial charge in [0.25, 0.3) is 0 Å². The summed E-state index contributed by atoms with van der Waals surface area (Å²) in [6, 6.07) is 6.88. The van der Waals surface area contributed by atoms with Gasteiger partial charge in [0.1, 0.15) is 0 Å². The highest BCUT2D eigenvalue weighted by Gasteiger charge is 2.17. The summed E-state index contributed by atoms with van der Waals surface area (Å²) in [6.45, 7) is 3.12. The van der Waals surface area contributed by atoms with Gasteiger partial charge in [0.05, 0.1) is 0 Å². The zero-order valence-corrected chi connectivity index (χ0v) is 16.1. The van der Waals surface area contributed by atoms with Crippen molar-refractivity contribution in [3.05, 3.63) is 23.8 Å². The Morgan fingerprint density at radius 2 is 1.88 bits per heavy atom. The summed E-state index contributed by atoms with van der Waals surface area (Å²) >= 11 is 0. The SMILES string of the molecule is CN=C(NCCc1ccc2c(c1)OCO2)NCCN(C)C1CCCCC1. The van der Waals surface area contributed by atoms with E-state index >= 15 is 0 Å². The minimum atomic E-state index is 0.322. The molecule has 0 bridgehead atoms. The number of fused-ring (bicyclic) bond motifs is 1. The summed E-state index contributed by atoms with van der Waals surface area (Å²) < 4.78 is 10.8. The smallest absolute Gasteiger partial charge is 0.231 e. The molecule has 1 aliphatic carbocycles. The Morgan fingerprint density at radius 1 is 1.12 bits per heavy atom. The minimum absolute atomic E-state index is 0.322. The standard InChI is InChI=1S/C20H32N4O2/c1-21-20(23-12-13-24(2)17-6-4-3-5-7-17)22-11-10-16-8-9-18-19(14-16)26-15-25-18/h8-9,14,17H,3-7,10-13,15H2,1-2H3,(H2,21,22,23). The maximum Gasteiger partial charge on any atom is 0.231 e. The molecule has 0 unspecified atom stereocenters. The van der Waals surface area contributed by atoms with Crippen LogP contribution in [0.2, 0.25) is 0 Å². The highest BCUT2D eigenvalue weighted by atomic mass is 16.7. The highest BCUT2D eigenvalue weighted by molar-refractivity contribution is 5.79. The fourth-order valence-corrected chi connectivity index (χ4v) is 3.70. The molecule has 3 rings (SSSR count). The van der Waals surface area contributed by atoms with E-state index in [2.05, 4.69) is 39.7 Å². The first-order valence-electron chi connectivity index (χ1n) is 9.79. The first-order chi connectivity index (χ1) is 12.8. The van der Waals surface area contributed by atoms with Gasteiger partial charge < -0.3 is 25.0 Å². The lowest BCUT2D eigenvalue weighted by molar-refractivity contribution is 0.174. The fourth-order valence-electron chi connectivity index (χ4n) is 3.70. The number of hydrogen-bond donors (Lipinski definition) is 2. The lowest BCUT2D eigenvalue weighted by Gasteiger charge is -2.31. The number of guanidine groups is 1. The van der Waals surface area contributed by atoms with E-state index in [0.717, 1.165) is 49.6 Å². The molecule has 2 N–H and O–H groups in total. The van der Waals surface area contributed by atoms with Crippen LogP contribution in [0.5, 0.6) is 11.5 Å². The third-order valence-corrected chi connectivity index (χ3v) is 5.32. The molecule has 1 aromatic rings. The first-order valence-corrected chi connectivity index (χ1v) is 9.79. The Labute approximate surface area is 157 Å². The molecule has 1 aromatic carbocycles. The Balaban J connectivity index is 1.34. The average Bonchev–Trinajstić information content (AvgIpc) is 3.15. The van der Waals surface area contributed by atoms with Gasteiger partial charge in [-0.25, -0.2) is 0 Å². The summed E-state index contributed by atoms with van der Waals surface area (Å²) in [5.74, 6) is 2.54. The zero-order chi connectivity index (χ0) is 18.2. The van der Waals surface area contributed by atoms with E-state index in [1.165, 1.54) is 37.7 Å². The van der Waals surface area contributed by atoms with Crippen molar-refractivity contribution in [3.8, 4) is 11.5 Å². The van der Waals surface area contributed by atoms with E-state index in [9.17, 15) is 0 Å². The Bertz CT molecular complexity index is 599. The molecule has 2 aliphatic rings. The number of nitrogens with zero attached hydrogens (tertiary/aromatic N) is 2. The van der Waals surface area contributed by atoms with Crippen LogP contribution in [0, 0.1) is 0 Å². The van der Waals surface area contributed by atoms with Crippen LogP contribution in [0.15, 0.2) is 23.2 Å². The molecule has 1 saturated carbocycles. The van der Waals surface area contributed by atoms with Crippen molar-refractivity contribution < 1.29 is 9.47 Å². The van der Waals surface area contributed by atoms with Crippen molar-refractivity contribution in [2.24, 2.45) is 4.99 Å². The second-order valence-corrected chi connectivity index (χ2v) is 7.14. The number of nitrogens with one attached hydrogen (secondary N) is 2. The monoisotopic (exact) mass is 360 g/mol. The maximum absolute atomic E-state index is 5.43. The minimum Gasteiger partial charge on any atom is -0.454 e. The van der Waals surface area contributed by atoms with E-state index < -0.39 is 0 Å². The molecule has 6 heteroatoms. The van der Waals surface area contributed by atoms with Gasteiger partial charge >= 0.3 is 0 Å². The molecule has 0 radical (unpaired) electrons. The molecule has 1 aliphatic heterocycles. The predicted molar refractivity (Wildman–Crippen MR) is 105 cm³/mol. The van der Waals surface area contributed by atoms with Gasteiger partial charge in [0, 0.05) is 32.7 Å². The van der Waals surface area contributed by atoms with Crippen LogP contribution < -0.4 is 20.1 Å². The van der Waals surface area contributed by atoms with Crippen LogP contribution in [-0.4, -0.2) is 57.4 Å². The second kappa shape index (κ2) is 9.67. The largest absolute Gasteiger partial charge is 0.454 e. The van der Waals surface area contributed by atoms with Crippen molar-refractivity contribution in [1.82, 2.24) is 15.5 Å². The van der Waals surface area contributed by atoms with Crippen LogP contribution >= 0.6 is 0 Å². The van der Waals surface area contributed by atoms with Crippen molar-refractivity contribution in [2.45, 2.75) is 44.6 Å². The van der Waals surface area contributed by atoms with Crippen LogP contribution in [0.25, 0.3) is 0 Å². The normalized spacial score (nSPS) is 17.6. The molecule has 0 saturated heterocycles. The fraction of sp³-hybridized carbons (Fsp3) is 0.650. The van der Waals surface area contributed by atoms with Crippen LogP contribution in [0.1, 0.15) is 37.7 Å². The lowest BCUT2D eigenvalue weighted by atomic mass is 9.94. The van der Waals surface area contributed by atoms with Gasteiger partial charge in [-0.05, 0) is 44.0 Å². The number of benzene rings is 1. The van der Waals surface area contributed by atoms with Crippen molar-refractivity contribution in [2.75, 3.05) is 40.5 Å². The number of hydrogen-bond acceptors (Lipinski definition) is 4. The lowest BCUT2D eigenvalue weighted by Crippen LogP contribution is -2.43. The van der Waals surface area contributed by atoms with Crippen molar-refractivity contribution >= 4 is 5.96 Å². The third kappa shape index (κ3) is 5.27. The molecule has 0 atom stereocenters. The van der Waals surface area contributed by atoms with Gasteiger partial charge in [-0.1, -0.05) is 25.3 Å². The quantitative estimate of drug-likeness (QED) is 0.578. The molecule has 0 amide bonds. The molecule has 1 fully saturated rings. The average molecular weight is 361 g/mol. The predicted octanol–water partition coefficient (Wildman–Crippen LogP) is 2.39. The topological polar surface area (TPSA) is 58.1 Å². The van der Waals surface area contributed by atoms with Crippen LogP contribution in [0.4, 0.5) is 0 Å². The van der Waals surface area contributed by atoms with E-state index in [1.807, 2.05) is 13.1 Å². The molecule has 144 valence electrons. The van der Waals surface area contributed by atoms with E-state index in [4.69, 9.17) is 9.47 Å². The number of likely N-dealkylation sites (N-methyl/N-ethyl adjacent to an activating group) is 1. The van der Waals surface area contributed by atoms with E-state index in [1.54, 1.807) is 0 Å². The number of aliphatic imine (C=N–C) groups is 1. The molecular formula is C20H32N4O2. The van der Waals surface area contributed by atoms with Gasteiger partial charge in [-0.15, -0.1) is 0 Å². The number of rotatable bonds is 7. The van der Waals surface area contributed by atoms with Crippen LogP contribution in [-0.2, 0) is 6.42 Å². The zero-order valence-electron chi connectivity index (χ0n) is 16.1. The van der Waals surface area contributed by atoms with Gasteiger partial charge in [0.15, 0.2) is 17.5 Å². The third-order valence-electron chi connectivity index (χ3n) is 5.32. The molecule has 6 nitrogen and oxygen atoms in total. The van der Waals surface area contributed by atoms with Gasteiger partial charge in [0.2, 0.25) is 6.79 Å². The van der Waals surface area contributed by atoms with Crippen molar-refractivity contribution in [1.29, 1.82) is 0 Å². The summed E-state index contributed by atoms with van der Waals surface area (Å²) in [4.78, 5) is 6.81. The summed E-state index contributed by atoms with van der Waals surface area (Å²) in [6.07, 6.45) is 7.77. The second-order valence-electron chi connectivity index (χ2n) is 7.14. The Kier molecular flexibility index (Phi) is 7.00. The maximum atomic E-state index is 5.43.